The molecule has 2 nitrogen and oxygen atoms in total. The van der Waals surface area contributed by atoms with Crippen molar-refractivity contribution in [3.05, 3.63) is 33.3 Å². The fraction of sp³-hybridized carbons (Fsp3) is 0.600. The van der Waals surface area contributed by atoms with Crippen molar-refractivity contribution in [3.8, 4) is 0 Å². The lowest BCUT2D eigenvalue weighted by molar-refractivity contribution is 0.0302. The second-order valence-corrected chi connectivity index (χ2v) is 6.37. The minimum absolute atomic E-state index is 0.492. The maximum absolute atomic E-state index is 6.16. The second-order valence-electron chi connectivity index (χ2n) is 5.04. The first kappa shape index (κ1) is 15.3. The van der Waals surface area contributed by atoms with Crippen molar-refractivity contribution >= 4 is 27.5 Å². The molecule has 4 heteroatoms. The molecular formula is C15H21BrClNO. The molecule has 1 aromatic rings. The maximum atomic E-state index is 6.16. The molecule has 0 aliphatic heterocycles. The minimum Gasteiger partial charge on any atom is -0.377 e. The smallest absolute Gasteiger partial charge is 0.0594 e. The first-order valence-electron chi connectivity index (χ1n) is 7.02. The van der Waals surface area contributed by atoms with Gasteiger partial charge in [0.05, 0.1) is 12.7 Å². The Bertz CT molecular complexity index is 394. The van der Waals surface area contributed by atoms with Crippen LogP contribution in [0.15, 0.2) is 22.7 Å². The summed E-state index contributed by atoms with van der Waals surface area (Å²) in [6.07, 6.45) is 6.99. The van der Waals surface area contributed by atoms with E-state index in [4.69, 9.17) is 16.3 Å². The molecule has 1 aliphatic rings. The Morgan fingerprint density at radius 1 is 1.26 bits per heavy atom. The first-order valence-corrected chi connectivity index (χ1v) is 8.19. The molecule has 0 atom stereocenters. The SMILES string of the molecule is Clc1cc(Br)ccc1CNCCOC1CCCCC1. The van der Waals surface area contributed by atoms with E-state index in [1.165, 1.54) is 32.1 Å². The summed E-state index contributed by atoms with van der Waals surface area (Å²) in [5.41, 5.74) is 1.13. The lowest BCUT2D eigenvalue weighted by Gasteiger charge is -2.22. The van der Waals surface area contributed by atoms with Gasteiger partial charge in [0.1, 0.15) is 0 Å². The van der Waals surface area contributed by atoms with Crippen LogP contribution in [0.1, 0.15) is 37.7 Å². The van der Waals surface area contributed by atoms with E-state index in [0.717, 1.165) is 34.8 Å². The van der Waals surface area contributed by atoms with Crippen molar-refractivity contribution in [1.29, 1.82) is 0 Å². The Balaban J connectivity index is 1.61. The summed E-state index contributed by atoms with van der Waals surface area (Å²) in [7, 11) is 0. The molecule has 0 bridgehead atoms. The van der Waals surface area contributed by atoms with E-state index < -0.39 is 0 Å². The van der Waals surface area contributed by atoms with Crippen molar-refractivity contribution in [2.24, 2.45) is 0 Å². The van der Waals surface area contributed by atoms with Gasteiger partial charge in [-0.25, -0.2) is 0 Å². The van der Waals surface area contributed by atoms with Gasteiger partial charge >= 0.3 is 0 Å². The Kier molecular flexibility index (Phi) is 6.65. The van der Waals surface area contributed by atoms with Crippen molar-refractivity contribution in [2.75, 3.05) is 13.2 Å². The number of hydrogen-bond donors (Lipinski definition) is 1. The van der Waals surface area contributed by atoms with Gasteiger partial charge < -0.3 is 10.1 Å². The number of halogens is 2. The number of ether oxygens (including phenoxy) is 1. The molecule has 1 aliphatic carbocycles. The first-order chi connectivity index (χ1) is 9.25. The molecule has 0 aromatic heterocycles. The third kappa shape index (κ3) is 5.42. The van der Waals surface area contributed by atoms with Gasteiger partial charge in [-0.15, -0.1) is 0 Å². The normalized spacial score (nSPS) is 16.7. The van der Waals surface area contributed by atoms with Gasteiger partial charge in [0.2, 0.25) is 0 Å². The molecule has 0 amide bonds. The number of hydrogen-bond acceptors (Lipinski definition) is 2. The van der Waals surface area contributed by atoms with Crippen molar-refractivity contribution < 1.29 is 4.74 Å². The summed E-state index contributed by atoms with van der Waals surface area (Å²) in [6, 6.07) is 5.99. The molecular weight excluding hydrogens is 326 g/mol. The van der Waals surface area contributed by atoms with Crippen LogP contribution >= 0.6 is 27.5 Å². The quantitative estimate of drug-likeness (QED) is 0.763. The Labute approximate surface area is 129 Å². The molecule has 0 unspecified atom stereocenters. The second kappa shape index (κ2) is 8.25. The Morgan fingerprint density at radius 2 is 2.05 bits per heavy atom. The molecule has 0 saturated heterocycles. The van der Waals surface area contributed by atoms with Gasteiger partial charge in [-0.1, -0.05) is 52.9 Å². The summed E-state index contributed by atoms with van der Waals surface area (Å²) >= 11 is 9.57. The zero-order chi connectivity index (χ0) is 13.5. The van der Waals surface area contributed by atoms with Crippen LogP contribution in [-0.2, 0) is 11.3 Å². The van der Waals surface area contributed by atoms with E-state index in [2.05, 4.69) is 21.2 Å². The molecule has 0 spiro atoms. The van der Waals surface area contributed by atoms with Crippen LogP contribution in [0.5, 0.6) is 0 Å². The van der Waals surface area contributed by atoms with Crippen molar-refractivity contribution in [3.63, 3.8) is 0 Å². The highest BCUT2D eigenvalue weighted by atomic mass is 79.9. The monoisotopic (exact) mass is 345 g/mol. The number of nitrogens with one attached hydrogen (secondary N) is 1. The van der Waals surface area contributed by atoms with E-state index in [1.54, 1.807) is 0 Å². The molecule has 1 fully saturated rings. The number of rotatable bonds is 6. The zero-order valence-corrected chi connectivity index (χ0v) is 13.5. The molecule has 106 valence electrons. The zero-order valence-electron chi connectivity index (χ0n) is 11.1. The molecule has 1 N–H and O–H groups in total. The standard InChI is InChI=1S/C15H21BrClNO/c16-13-7-6-12(15(17)10-13)11-18-8-9-19-14-4-2-1-3-5-14/h6-7,10,14,18H,1-5,8-9,11H2. The van der Waals surface area contributed by atoms with Crippen molar-refractivity contribution in [1.82, 2.24) is 5.32 Å². The fourth-order valence-electron chi connectivity index (χ4n) is 2.42. The summed E-state index contributed by atoms with van der Waals surface area (Å²) in [4.78, 5) is 0. The van der Waals surface area contributed by atoms with E-state index in [-0.39, 0.29) is 0 Å². The predicted octanol–water partition coefficient (Wildman–Crippen LogP) is 4.54. The van der Waals surface area contributed by atoms with Gasteiger partial charge in [-0.2, -0.15) is 0 Å². The fourth-order valence-corrected chi connectivity index (χ4v) is 3.16. The van der Waals surface area contributed by atoms with Gasteiger partial charge in [-0.3, -0.25) is 0 Å². The van der Waals surface area contributed by atoms with Gasteiger partial charge in [0.15, 0.2) is 0 Å². The Morgan fingerprint density at radius 3 is 2.79 bits per heavy atom. The van der Waals surface area contributed by atoms with Crippen LogP contribution in [0, 0.1) is 0 Å². The summed E-state index contributed by atoms with van der Waals surface area (Å²) < 4.78 is 6.88. The van der Waals surface area contributed by atoms with E-state index in [9.17, 15) is 0 Å². The van der Waals surface area contributed by atoms with Crippen LogP contribution < -0.4 is 5.32 Å². The number of benzene rings is 1. The summed E-state index contributed by atoms with van der Waals surface area (Å²) in [6.45, 7) is 2.46. The van der Waals surface area contributed by atoms with Crippen LogP contribution in [0.4, 0.5) is 0 Å². The van der Waals surface area contributed by atoms with E-state index in [1.807, 2.05) is 18.2 Å². The van der Waals surface area contributed by atoms with Crippen LogP contribution in [0.2, 0.25) is 5.02 Å². The highest BCUT2D eigenvalue weighted by Gasteiger charge is 2.12. The van der Waals surface area contributed by atoms with Gasteiger partial charge in [-0.05, 0) is 30.5 Å². The molecule has 2 rings (SSSR count). The molecule has 0 radical (unpaired) electrons. The van der Waals surface area contributed by atoms with Crippen LogP contribution in [0.25, 0.3) is 0 Å². The predicted molar refractivity (Wildman–Crippen MR) is 83.7 cm³/mol. The van der Waals surface area contributed by atoms with Gasteiger partial charge in [0, 0.05) is 22.6 Å². The highest BCUT2D eigenvalue weighted by Crippen LogP contribution is 2.21. The van der Waals surface area contributed by atoms with Crippen molar-refractivity contribution in [2.45, 2.75) is 44.8 Å². The van der Waals surface area contributed by atoms with Crippen LogP contribution in [-0.4, -0.2) is 19.3 Å². The maximum Gasteiger partial charge on any atom is 0.0594 e. The molecule has 0 heterocycles. The van der Waals surface area contributed by atoms with Crippen LogP contribution in [0.3, 0.4) is 0 Å². The Hall–Kier alpha value is -0.0900. The average molecular weight is 347 g/mol. The molecule has 19 heavy (non-hydrogen) atoms. The molecule has 1 aromatic carbocycles. The molecule has 1 saturated carbocycles. The highest BCUT2D eigenvalue weighted by molar-refractivity contribution is 9.10. The lowest BCUT2D eigenvalue weighted by atomic mass is 9.98. The van der Waals surface area contributed by atoms with E-state index in [0.29, 0.717) is 6.10 Å². The third-order valence-corrected chi connectivity index (χ3v) is 4.36. The minimum atomic E-state index is 0.492. The largest absolute Gasteiger partial charge is 0.377 e. The van der Waals surface area contributed by atoms with E-state index >= 15 is 0 Å². The topological polar surface area (TPSA) is 21.3 Å². The summed E-state index contributed by atoms with van der Waals surface area (Å²) in [5.74, 6) is 0. The van der Waals surface area contributed by atoms with Gasteiger partial charge in [0.25, 0.3) is 0 Å². The summed E-state index contributed by atoms with van der Waals surface area (Å²) in [5, 5.41) is 4.18. The third-order valence-electron chi connectivity index (χ3n) is 3.52. The average Bonchev–Trinajstić information content (AvgIpc) is 2.42. The lowest BCUT2D eigenvalue weighted by Crippen LogP contribution is -2.24.